The quantitative estimate of drug-likeness (QED) is 0.732. The average molecular weight is 300 g/mol. The first-order valence-electron chi connectivity index (χ1n) is 7.20. The van der Waals surface area contributed by atoms with Crippen molar-refractivity contribution in [3.8, 4) is 0 Å². The number of sulfone groups is 1. The van der Waals surface area contributed by atoms with Crippen LogP contribution in [0.2, 0.25) is 0 Å². The number of benzene rings is 2. The standard InChI is InChI=1S/C18H20O2S/c1-18(2,3)17-14-9-5-4-8-13(14)12-21(19,20)16-11-7-6-10-15(16)17/h4-11,17H,12H2,1-3H3. The van der Waals surface area contributed by atoms with Gasteiger partial charge in [0.2, 0.25) is 0 Å². The molecule has 0 saturated carbocycles. The predicted molar refractivity (Wildman–Crippen MR) is 85.1 cm³/mol. The Morgan fingerprint density at radius 3 is 2.14 bits per heavy atom. The lowest BCUT2D eigenvalue weighted by Gasteiger charge is -2.32. The van der Waals surface area contributed by atoms with Gasteiger partial charge in [0.15, 0.2) is 9.84 Å². The van der Waals surface area contributed by atoms with Crippen molar-refractivity contribution < 1.29 is 8.42 Å². The molecular weight excluding hydrogens is 280 g/mol. The summed E-state index contributed by atoms with van der Waals surface area (Å²) in [6, 6.07) is 15.4. The molecule has 1 atom stereocenters. The van der Waals surface area contributed by atoms with Gasteiger partial charge < -0.3 is 0 Å². The van der Waals surface area contributed by atoms with Crippen molar-refractivity contribution in [3.63, 3.8) is 0 Å². The second-order valence-electron chi connectivity index (χ2n) is 6.79. The lowest BCUT2D eigenvalue weighted by molar-refractivity contribution is 0.355. The largest absolute Gasteiger partial charge is 0.223 e. The lowest BCUT2D eigenvalue weighted by atomic mass is 9.71. The molecule has 1 aliphatic rings. The van der Waals surface area contributed by atoms with Gasteiger partial charge in [-0.3, -0.25) is 0 Å². The summed E-state index contributed by atoms with van der Waals surface area (Å²) >= 11 is 0. The number of hydrogen-bond donors (Lipinski definition) is 0. The molecule has 0 aromatic heterocycles. The molecule has 0 N–H and O–H groups in total. The van der Waals surface area contributed by atoms with E-state index in [1.165, 1.54) is 0 Å². The van der Waals surface area contributed by atoms with E-state index in [2.05, 4.69) is 26.8 Å². The van der Waals surface area contributed by atoms with E-state index in [0.717, 1.165) is 16.7 Å². The van der Waals surface area contributed by atoms with E-state index < -0.39 is 9.84 Å². The second-order valence-corrected chi connectivity index (χ2v) is 8.75. The summed E-state index contributed by atoms with van der Waals surface area (Å²) in [6.07, 6.45) is 0. The molecular formula is C18H20O2S. The average Bonchev–Trinajstić information content (AvgIpc) is 2.49. The van der Waals surface area contributed by atoms with Crippen molar-refractivity contribution >= 4 is 9.84 Å². The zero-order valence-electron chi connectivity index (χ0n) is 12.6. The molecule has 0 bridgehead atoms. The first-order chi connectivity index (χ1) is 9.81. The summed E-state index contributed by atoms with van der Waals surface area (Å²) in [5.41, 5.74) is 2.94. The van der Waals surface area contributed by atoms with Gasteiger partial charge in [-0.15, -0.1) is 0 Å². The van der Waals surface area contributed by atoms with Crippen LogP contribution in [-0.4, -0.2) is 8.42 Å². The van der Waals surface area contributed by atoms with Crippen molar-refractivity contribution in [1.82, 2.24) is 0 Å². The van der Waals surface area contributed by atoms with Crippen LogP contribution in [0.1, 0.15) is 43.4 Å². The van der Waals surface area contributed by atoms with Crippen molar-refractivity contribution in [2.75, 3.05) is 0 Å². The Hall–Kier alpha value is -1.61. The number of rotatable bonds is 0. The molecule has 0 aliphatic carbocycles. The van der Waals surface area contributed by atoms with Gasteiger partial charge in [-0.25, -0.2) is 8.42 Å². The molecule has 0 amide bonds. The van der Waals surface area contributed by atoms with Crippen molar-refractivity contribution in [2.24, 2.45) is 5.41 Å². The SMILES string of the molecule is CC(C)(C)C1c2ccccc2CS(=O)(=O)c2ccccc21. The van der Waals surface area contributed by atoms with Gasteiger partial charge in [-0.2, -0.15) is 0 Å². The Balaban J connectivity index is 2.40. The molecule has 3 heteroatoms. The first-order valence-corrected chi connectivity index (χ1v) is 8.85. The summed E-state index contributed by atoms with van der Waals surface area (Å²) in [5.74, 6) is 0.175. The third-order valence-electron chi connectivity index (χ3n) is 4.14. The maximum Gasteiger partial charge on any atom is 0.182 e. The van der Waals surface area contributed by atoms with Gasteiger partial charge in [0.1, 0.15) is 0 Å². The highest BCUT2D eigenvalue weighted by Gasteiger charge is 2.36. The normalized spacial score (nSPS) is 20.2. The summed E-state index contributed by atoms with van der Waals surface area (Å²) in [4.78, 5) is 0.487. The van der Waals surface area contributed by atoms with E-state index in [4.69, 9.17) is 0 Å². The van der Waals surface area contributed by atoms with Crippen molar-refractivity contribution in [2.45, 2.75) is 37.3 Å². The highest BCUT2D eigenvalue weighted by Crippen LogP contribution is 2.46. The molecule has 1 unspecified atom stereocenters. The molecule has 2 nitrogen and oxygen atoms in total. The van der Waals surface area contributed by atoms with Gasteiger partial charge in [0, 0.05) is 5.92 Å². The van der Waals surface area contributed by atoms with Crippen LogP contribution < -0.4 is 0 Å². The van der Waals surface area contributed by atoms with Crippen LogP contribution in [0, 0.1) is 5.41 Å². The fraction of sp³-hybridized carbons (Fsp3) is 0.333. The zero-order valence-corrected chi connectivity index (χ0v) is 13.4. The Morgan fingerprint density at radius 2 is 1.48 bits per heavy atom. The summed E-state index contributed by atoms with van der Waals surface area (Å²) in [7, 11) is -3.29. The Morgan fingerprint density at radius 1 is 0.905 bits per heavy atom. The molecule has 110 valence electrons. The summed E-state index contributed by atoms with van der Waals surface area (Å²) in [6.45, 7) is 6.51. The summed E-state index contributed by atoms with van der Waals surface area (Å²) < 4.78 is 25.5. The minimum absolute atomic E-state index is 0.0495. The molecule has 2 aromatic carbocycles. The topological polar surface area (TPSA) is 34.1 Å². The monoisotopic (exact) mass is 300 g/mol. The van der Waals surface area contributed by atoms with Crippen LogP contribution in [0.25, 0.3) is 0 Å². The van der Waals surface area contributed by atoms with Crippen molar-refractivity contribution in [3.05, 3.63) is 65.2 Å². The Kier molecular flexibility index (Phi) is 3.21. The third-order valence-corrected chi connectivity index (χ3v) is 5.88. The predicted octanol–water partition coefficient (Wildman–Crippen LogP) is 4.15. The number of fused-ring (bicyclic) bond motifs is 2. The van der Waals surface area contributed by atoms with Gasteiger partial charge in [0.25, 0.3) is 0 Å². The van der Waals surface area contributed by atoms with Crippen molar-refractivity contribution in [1.29, 1.82) is 0 Å². The molecule has 1 heterocycles. The van der Waals surface area contributed by atoms with E-state index in [-0.39, 0.29) is 17.1 Å². The minimum Gasteiger partial charge on any atom is -0.223 e. The van der Waals surface area contributed by atoms with Crippen LogP contribution in [0.4, 0.5) is 0 Å². The van der Waals surface area contributed by atoms with Crippen LogP contribution in [-0.2, 0) is 15.6 Å². The fourth-order valence-corrected chi connectivity index (χ4v) is 4.99. The zero-order chi connectivity index (χ0) is 15.3. The van der Waals surface area contributed by atoms with E-state index in [1.807, 2.05) is 36.4 Å². The second kappa shape index (κ2) is 4.70. The third kappa shape index (κ3) is 2.40. The highest BCUT2D eigenvalue weighted by atomic mass is 32.2. The molecule has 3 rings (SSSR count). The minimum atomic E-state index is -3.29. The van der Waals surface area contributed by atoms with Gasteiger partial charge in [-0.05, 0) is 28.2 Å². The molecule has 0 fully saturated rings. The maximum atomic E-state index is 12.7. The Labute approximate surface area is 126 Å². The van der Waals surface area contributed by atoms with E-state index >= 15 is 0 Å². The molecule has 0 spiro atoms. The van der Waals surface area contributed by atoms with Crippen LogP contribution in [0.3, 0.4) is 0 Å². The first kappa shape index (κ1) is 14.3. The maximum absolute atomic E-state index is 12.7. The molecule has 21 heavy (non-hydrogen) atoms. The van der Waals surface area contributed by atoms with Gasteiger partial charge >= 0.3 is 0 Å². The van der Waals surface area contributed by atoms with Crippen LogP contribution >= 0.6 is 0 Å². The van der Waals surface area contributed by atoms with E-state index in [1.54, 1.807) is 6.07 Å². The summed E-state index contributed by atoms with van der Waals surface area (Å²) in [5, 5.41) is 0. The molecule has 0 saturated heterocycles. The lowest BCUT2D eigenvalue weighted by Crippen LogP contribution is -2.20. The van der Waals surface area contributed by atoms with Gasteiger partial charge in [0.05, 0.1) is 10.6 Å². The number of hydrogen-bond acceptors (Lipinski definition) is 2. The molecule has 1 aliphatic heterocycles. The smallest absolute Gasteiger partial charge is 0.182 e. The van der Waals surface area contributed by atoms with E-state index in [0.29, 0.717) is 4.90 Å². The highest BCUT2D eigenvalue weighted by molar-refractivity contribution is 7.90. The van der Waals surface area contributed by atoms with E-state index in [9.17, 15) is 8.42 Å². The van der Waals surface area contributed by atoms with Gasteiger partial charge in [-0.1, -0.05) is 63.2 Å². The fourth-order valence-electron chi connectivity index (χ4n) is 3.33. The molecule has 2 aromatic rings. The van der Waals surface area contributed by atoms with Crippen LogP contribution in [0.5, 0.6) is 0 Å². The van der Waals surface area contributed by atoms with Crippen LogP contribution in [0.15, 0.2) is 53.4 Å². The molecule has 0 radical (unpaired) electrons. The Bertz CT molecular complexity index is 783.